The van der Waals surface area contributed by atoms with Crippen LogP contribution in [0, 0.1) is 11.3 Å². The van der Waals surface area contributed by atoms with Crippen molar-refractivity contribution in [1.29, 1.82) is 0 Å². The van der Waals surface area contributed by atoms with Crippen LogP contribution in [0.3, 0.4) is 0 Å². The second-order valence-corrected chi connectivity index (χ2v) is 6.04. The van der Waals surface area contributed by atoms with Crippen LogP contribution in [0.25, 0.3) is 0 Å². The molecule has 14 heavy (non-hydrogen) atoms. The first kappa shape index (κ1) is 10.4. The summed E-state index contributed by atoms with van der Waals surface area (Å²) in [5, 5.41) is 3.65. The van der Waals surface area contributed by atoms with E-state index >= 15 is 0 Å². The van der Waals surface area contributed by atoms with E-state index in [0.29, 0.717) is 5.41 Å². The molecule has 2 heteroatoms. The van der Waals surface area contributed by atoms with Gasteiger partial charge >= 0.3 is 0 Å². The molecule has 1 atom stereocenters. The summed E-state index contributed by atoms with van der Waals surface area (Å²) in [5.41, 5.74) is 0.720. The molecule has 1 aliphatic heterocycles. The smallest absolute Gasteiger partial charge is 0.0538 e. The second-order valence-electron chi connectivity index (χ2n) is 6.04. The zero-order valence-electron chi connectivity index (χ0n) is 9.73. The van der Waals surface area contributed by atoms with E-state index in [1.165, 1.54) is 19.3 Å². The van der Waals surface area contributed by atoms with Crippen molar-refractivity contribution in [1.82, 2.24) is 5.32 Å². The van der Waals surface area contributed by atoms with Crippen molar-refractivity contribution in [3.05, 3.63) is 0 Å². The van der Waals surface area contributed by atoms with E-state index in [0.717, 1.165) is 25.7 Å². The van der Waals surface area contributed by atoms with Crippen LogP contribution in [0.4, 0.5) is 0 Å². The van der Waals surface area contributed by atoms with Gasteiger partial charge in [-0.1, -0.05) is 0 Å². The Morgan fingerprint density at radius 1 is 1.36 bits per heavy atom. The molecule has 0 radical (unpaired) electrons. The molecule has 82 valence electrons. The SMILES string of the molecule is CC(C)(C)NCC1(C2CC2)CCOC1. The fraction of sp³-hybridized carbons (Fsp3) is 1.00. The molecule has 0 aromatic carbocycles. The van der Waals surface area contributed by atoms with Crippen LogP contribution < -0.4 is 5.32 Å². The molecule has 0 amide bonds. The Bertz CT molecular complexity index is 197. The van der Waals surface area contributed by atoms with Crippen LogP contribution >= 0.6 is 0 Å². The highest BCUT2D eigenvalue weighted by atomic mass is 16.5. The molecule has 2 aliphatic rings. The summed E-state index contributed by atoms with van der Waals surface area (Å²) in [7, 11) is 0. The number of ether oxygens (including phenoxy) is 1. The zero-order valence-corrected chi connectivity index (χ0v) is 9.73. The lowest BCUT2D eigenvalue weighted by atomic mass is 9.81. The number of nitrogens with one attached hydrogen (secondary N) is 1. The molecule has 0 aromatic heterocycles. The lowest BCUT2D eigenvalue weighted by Crippen LogP contribution is -2.45. The summed E-state index contributed by atoms with van der Waals surface area (Å²) in [6.07, 6.45) is 4.12. The Morgan fingerprint density at radius 2 is 2.07 bits per heavy atom. The summed E-state index contributed by atoms with van der Waals surface area (Å²) >= 11 is 0. The van der Waals surface area contributed by atoms with Crippen LogP contribution in [0.15, 0.2) is 0 Å². The Morgan fingerprint density at radius 3 is 2.50 bits per heavy atom. The minimum atomic E-state index is 0.241. The minimum Gasteiger partial charge on any atom is -0.381 e. The normalized spacial score (nSPS) is 33.6. The van der Waals surface area contributed by atoms with Gasteiger partial charge in [0, 0.05) is 24.1 Å². The predicted molar refractivity (Wildman–Crippen MR) is 58.3 cm³/mol. The van der Waals surface area contributed by atoms with E-state index in [1.807, 2.05) is 0 Å². The third-order valence-electron chi connectivity index (χ3n) is 3.55. The molecular weight excluding hydrogens is 174 g/mol. The molecule has 1 aliphatic carbocycles. The first-order valence-corrected chi connectivity index (χ1v) is 5.85. The number of hydrogen-bond acceptors (Lipinski definition) is 2. The standard InChI is InChI=1S/C12H23NO/c1-11(2,3)13-8-12(10-4-5-10)6-7-14-9-12/h10,13H,4-9H2,1-3H3. The third kappa shape index (κ3) is 2.29. The Hall–Kier alpha value is -0.0800. The summed E-state index contributed by atoms with van der Waals surface area (Å²) in [6, 6.07) is 0. The molecule has 1 N–H and O–H groups in total. The van der Waals surface area contributed by atoms with E-state index in [-0.39, 0.29) is 5.54 Å². The highest BCUT2D eigenvalue weighted by molar-refractivity contribution is 4.98. The van der Waals surface area contributed by atoms with Gasteiger partial charge in [0.2, 0.25) is 0 Å². The monoisotopic (exact) mass is 197 g/mol. The second kappa shape index (κ2) is 3.49. The maximum absolute atomic E-state index is 5.59. The Balaban J connectivity index is 1.91. The van der Waals surface area contributed by atoms with Gasteiger partial charge in [0.1, 0.15) is 0 Å². The molecule has 2 nitrogen and oxygen atoms in total. The van der Waals surface area contributed by atoms with Crippen LogP contribution in [-0.4, -0.2) is 25.3 Å². The van der Waals surface area contributed by atoms with Gasteiger partial charge in [0.15, 0.2) is 0 Å². The van der Waals surface area contributed by atoms with Crippen molar-refractivity contribution < 1.29 is 4.74 Å². The van der Waals surface area contributed by atoms with Crippen LogP contribution in [0.2, 0.25) is 0 Å². The van der Waals surface area contributed by atoms with Gasteiger partial charge in [-0.2, -0.15) is 0 Å². The van der Waals surface area contributed by atoms with Gasteiger partial charge in [-0.3, -0.25) is 0 Å². The van der Waals surface area contributed by atoms with Gasteiger partial charge in [0.25, 0.3) is 0 Å². The van der Waals surface area contributed by atoms with Gasteiger partial charge in [-0.05, 0) is 46.0 Å². The Labute approximate surface area is 87.4 Å². The van der Waals surface area contributed by atoms with E-state index in [4.69, 9.17) is 4.74 Å². The fourth-order valence-corrected chi connectivity index (χ4v) is 2.37. The highest BCUT2D eigenvalue weighted by Crippen LogP contribution is 2.50. The van der Waals surface area contributed by atoms with E-state index in [1.54, 1.807) is 0 Å². The lowest BCUT2D eigenvalue weighted by molar-refractivity contribution is 0.130. The van der Waals surface area contributed by atoms with Gasteiger partial charge in [-0.15, -0.1) is 0 Å². The van der Waals surface area contributed by atoms with Crippen molar-refractivity contribution in [2.75, 3.05) is 19.8 Å². The van der Waals surface area contributed by atoms with Crippen molar-refractivity contribution >= 4 is 0 Å². The molecule has 1 saturated heterocycles. The quantitative estimate of drug-likeness (QED) is 0.749. The van der Waals surface area contributed by atoms with Crippen molar-refractivity contribution in [3.8, 4) is 0 Å². The summed E-state index contributed by atoms with van der Waals surface area (Å²) < 4.78 is 5.59. The van der Waals surface area contributed by atoms with Crippen LogP contribution in [0.5, 0.6) is 0 Å². The molecule has 2 rings (SSSR count). The van der Waals surface area contributed by atoms with E-state index in [2.05, 4.69) is 26.1 Å². The maximum Gasteiger partial charge on any atom is 0.0538 e. The minimum absolute atomic E-state index is 0.241. The third-order valence-corrected chi connectivity index (χ3v) is 3.55. The number of rotatable bonds is 3. The van der Waals surface area contributed by atoms with Gasteiger partial charge in [0.05, 0.1) is 6.61 Å². The maximum atomic E-state index is 5.59. The summed E-state index contributed by atoms with van der Waals surface area (Å²) in [4.78, 5) is 0. The Kier molecular flexibility index (Phi) is 2.61. The van der Waals surface area contributed by atoms with Crippen LogP contribution in [-0.2, 0) is 4.74 Å². The molecule has 0 bridgehead atoms. The molecule has 1 heterocycles. The molecular formula is C12H23NO. The molecule has 0 aromatic rings. The molecule has 1 saturated carbocycles. The van der Waals surface area contributed by atoms with Crippen molar-refractivity contribution in [2.24, 2.45) is 11.3 Å². The highest BCUT2D eigenvalue weighted by Gasteiger charge is 2.47. The summed E-state index contributed by atoms with van der Waals surface area (Å²) in [5.74, 6) is 0.944. The molecule has 1 unspecified atom stereocenters. The van der Waals surface area contributed by atoms with E-state index in [9.17, 15) is 0 Å². The predicted octanol–water partition coefficient (Wildman–Crippen LogP) is 2.19. The molecule has 2 fully saturated rings. The topological polar surface area (TPSA) is 21.3 Å². The van der Waals surface area contributed by atoms with E-state index < -0.39 is 0 Å². The molecule has 0 spiro atoms. The fourth-order valence-electron chi connectivity index (χ4n) is 2.37. The van der Waals surface area contributed by atoms with Gasteiger partial charge in [-0.25, -0.2) is 0 Å². The first-order valence-electron chi connectivity index (χ1n) is 5.85. The van der Waals surface area contributed by atoms with Crippen molar-refractivity contribution in [2.45, 2.75) is 45.6 Å². The van der Waals surface area contributed by atoms with Crippen molar-refractivity contribution in [3.63, 3.8) is 0 Å². The number of hydrogen-bond donors (Lipinski definition) is 1. The zero-order chi connectivity index (χ0) is 10.2. The average molecular weight is 197 g/mol. The lowest BCUT2D eigenvalue weighted by Gasteiger charge is -2.32. The first-order chi connectivity index (χ1) is 6.52. The van der Waals surface area contributed by atoms with Crippen LogP contribution in [0.1, 0.15) is 40.0 Å². The average Bonchev–Trinajstić information content (AvgIpc) is 2.83. The largest absolute Gasteiger partial charge is 0.381 e. The van der Waals surface area contributed by atoms with Gasteiger partial charge < -0.3 is 10.1 Å². The summed E-state index contributed by atoms with van der Waals surface area (Å²) in [6.45, 7) is 9.82.